The molecule has 0 aromatic carbocycles. The van der Waals surface area contributed by atoms with E-state index in [2.05, 4.69) is 19.7 Å². The van der Waals surface area contributed by atoms with Gasteiger partial charge >= 0.3 is 0 Å². The minimum atomic E-state index is -0.624. The maximum atomic E-state index is 11.9. The van der Waals surface area contributed by atoms with Crippen LogP contribution in [0.25, 0.3) is 22.3 Å². The molecule has 2 unspecified atom stereocenters. The zero-order chi connectivity index (χ0) is 20.6. The van der Waals surface area contributed by atoms with E-state index in [1.54, 1.807) is 6.92 Å². The van der Waals surface area contributed by atoms with Crippen LogP contribution < -0.4 is 5.73 Å². The molecule has 3 N–H and O–H groups in total. The van der Waals surface area contributed by atoms with E-state index >= 15 is 0 Å². The van der Waals surface area contributed by atoms with E-state index in [0.29, 0.717) is 36.8 Å². The van der Waals surface area contributed by atoms with Crippen LogP contribution in [0.5, 0.6) is 0 Å². The van der Waals surface area contributed by atoms with Gasteiger partial charge in [-0.05, 0) is 32.1 Å². The van der Waals surface area contributed by atoms with Gasteiger partial charge in [0.25, 0.3) is 0 Å². The highest BCUT2D eigenvalue weighted by atomic mass is 16.5. The Morgan fingerprint density at radius 1 is 1.27 bits per heavy atom. The number of nitrogens with zero attached hydrogens (tertiary/aromatic N) is 5. The molecule has 156 valence electrons. The number of hydrogen-bond acceptors (Lipinski definition) is 7. The van der Waals surface area contributed by atoms with Crippen molar-refractivity contribution in [3.8, 4) is 11.3 Å². The summed E-state index contributed by atoms with van der Waals surface area (Å²) in [5.41, 5.74) is 10.5. The first-order valence-corrected chi connectivity index (χ1v) is 10.6. The maximum Gasteiger partial charge on any atom is 0.219 e. The minimum Gasteiger partial charge on any atom is -0.388 e. The average Bonchev–Trinajstić information content (AvgIpc) is 3.19. The van der Waals surface area contributed by atoms with Crippen LogP contribution in [0, 0.1) is 0 Å². The fraction of sp³-hybridized carbons (Fsp3) is 0.524. The Bertz CT molecular complexity index is 1180. The number of anilines is 1. The molecule has 2 atom stereocenters. The largest absolute Gasteiger partial charge is 0.388 e. The van der Waals surface area contributed by atoms with Crippen LogP contribution >= 0.6 is 0 Å². The number of amides is 1. The number of aromatic nitrogens is 4. The molecule has 3 aromatic rings. The van der Waals surface area contributed by atoms with Gasteiger partial charge in [-0.3, -0.25) is 4.79 Å². The van der Waals surface area contributed by atoms with Crippen molar-refractivity contribution >= 4 is 22.8 Å². The SMILES string of the molecule is CC(=O)N1CCC(n2c3c(c4c(N)ncnc42)-c2noc(C4CC4)c2C(O)CC3)C1. The van der Waals surface area contributed by atoms with Gasteiger partial charge in [-0.1, -0.05) is 5.16 Å². The Kier molecular flexibility index (Phi) is 3.74. The second kappa shape index (κ2) is 6.28. The molecule has 0 radical (unpaired) electrons. The van der Waals surface area contributed by atoms with Gasteiger partial charge in [0.2, 0.25) is 5.91 Å². The zero-order valence-corrected chi connectivity index (χ0v) is 16.8. The number of nitrogens with two attached hydrogens (primary N) is 1. The highest BCUT2D eigenvalue weighted by Crippen LogP contribution is 2.50. The van der Waals surface area contributed by atoms with Gasteiger partial charge in [-0.15, -0.1) is 0 Å². The molecule has 1 saturated heterocycles. The molecule has 0 spiro atoms. The Balaban J connectivity index is 1.61. The normalized spacial score (nSPS) is 23.5. The van der Waals surface area contributed by atoms with Crippen LogP contribution in [0.3, 0.4) is 0 Å². The number of aliphatic hydroxyl groups is 1. The Labute approximate surface area is 172 Å². The van der Waals surface area contributed by atoms with Gasteiger partial charge < -0.3 is 24.8 Å². The molecule has 9 heteroatoms. The number of fused-ring (bicyclic) bond motifs is 5. The predicted molar refractivity (Wildman–Crippen MR) is 109 cm³/mol. The maximum absolute atomic E-state index is 11.9. The van der Waals surface area contributed by atoms with E-state index < -0.39 is 6.10 Å². The van der Waals surface area contributed by atoms with Crippen molar-refractivity contribution in [1.29, 1.82) is 0 Å². The van der Waals surface area contributed by atoms with Gasteiger partial charge in [0.05, 0.1) is 23.1 Å². The van der Waals surface area contributed by atoms with Gasteiger partial charge in [-0.2, -0.15) is 0 Å². The third-order valence-corrected chi connectivity index (χ3v) is 6.82. The number of hydrogen-bond donors (Lipinski definition) is 2. The van der Waals surface area contributed by atoms with Crippen molar-refractivity contribution in [2.45, 2.75) is 57.1 Å². The number of carbonyl (C=O) groups is 1. The highest BCUT2D eigenvalue weighted by Gasteiger charge is 2.40. The molecule has 3 aliphatic rings. The first kappa shape index (κ1) is 17.9. The number of likely N-dealkylation sites (tertiary alicyclic amines) is 1. The molecule has 2 fully saturated rings. The Morgan fingerprint density at radius 3 is 2.83 bits per heavy atom. The second-order valence-electron chi connectivity index (χ2n) is 8.69. The highest BCUT2D eigenvalue weighted by molar-refractivity contribution is 6.02. The molecule has 6 rings (SSSR count). The van der Waals surface area contributed by atoms with E-state index in [1.807, 2.05) is 4.90 Å². The van der Waals surface area contributed by atoms with Gasteiger partial charge in [0.15, 0.2) is 0 Å². The lowest BCUT2D eigenvalue weighted by molar-refractivity contribution is -0.127. The molecule has 3 aromatic heterocycles. The van der Waals surface area contributed by atoms with Crippen LogP contribution in [-0.2, 0) is 11.2 Å². The summed E-state index contributed by atoms with van der Waals surface area (Å²) in [6.07, 6.45) is 5.09. The molecule has 1 aliphatic heterocycles. The first-order valence-electron chi connectivity index (χ1n) is 10.6. The zero-order valence-electron chi connectivity index (χ0n) is 16.8. The molecule has 9 nitrogen and oxygen atoms in total. The third-order valence-electron chi connectivity index (χ3n) is 6.82. The van der Waals surface area contributed by atoms with E-state index in [1.165, 1.54) is 6.33 Å². The van der Waals surface area contributed by atoms with Crippen molar-refractivity contribution < 1.29 is 14.4 Å². The predicted octanol–water partition coefficient (Wildman–Crippen LogP) is 2.32. The van der Waals surface area contributed by atoms with Crippen molar-refractivity contribution in [3.05, 3.63) is 23.3 Å². The summed E-state index contributed by atoms with van der Waals surface area (Å²) in [4.78, 5) is 22.6. The fourth-order valence-electron chi connectivity index (χ4n) is 5.21. The molecule has 2 aliphatic carbocycles. The smallest absolute Gasteiger partial charge is 0.219 e. The lowest BCUT2D eigenvalue weighted by Gasteiger charge is -2.19. The second-order valence-corrected chi connectivity index (χ2v) is 8.69. The van der Waals surface area contributed by atoms with E-state index in [0.717, 1.165) is 59.4 Å². The van der Waals surface area contributed by atoms with Crippen molar-refractivity contribution in [2.24, 2.45) is 0 Å². The lowest BCUT2D eigenvalue weighted by Crippen LogP contribution is -2.26. The summed E-state index contributed by atoms with van der Waals surface area (Å²) in [6, 6.07) is 0.1000. The van der Waals surface area contributed by atoms with E-state index in [9.17, 15) is 9.90 Å². The summed E-state index contributed by atoms with van der Waals surface area (Å²) in [7, 11) is 0. The summed E-state index contributed by atoms with van der Waals surface area (Å²) >= 11 is 0. The average molecular weight is 408 g/mol. The van der Waals surface area contributed by atoms with E-state index in [4.69, 9.17) is 10.3 Å². The fourth-order valence-corrected chi connectivity index (χ4v) is 5.21. The van der Waals surface area contributed by atoms with Crippen molar-refractivity contribution in [2.75, 3.05) is 18.8 Å². The number of carbonyl (C=O) groups excluding carboxylic acids is 1. The molecular formula is C21H24N6O3. The van der Waals surface area contributed by atoms with Crippen molar-refractivity contribution in [3.63, 3.8) is 0 Å². The summed E-state index contributed by atoms with van der Waals surface area (Å²) < 4.78 is 7.95. The minimum absolute atomic E-state index is 0.0810. The topological polar surface area (TPSA) is 123 Å². The molecule has 30 heavy (non-hydrogen) atoms. The monoisotopic (exact) mass is 408 g/mol. The number of rotatable bonds is 2. The van der Waals surface area contributed by atoms with Crippen LogP contribution in [0.4, 0.5) is 5.82 Å². The summed E-state index contributed by atoms with van der Waals surface area (Å²) in [6.45, 7) is 2.96. The third kappa shape index (κ3) is 2.44. The first-order chi connectivity index (χ1) is 14.5. The van der Waals surface area contributed by atoms with Gasteiger partial charge in [-0.25, -0.2) is 9.97 Å². The van der Waals surface area contributed by atoms with E-state index in [-0.39, 0.29) is 11.9 Å². The molecular weight excluding hydrogens is 384 g/mol. The molecule has 0 bridgehead atoms. The molecule has 1 saturated carbocycles. The van der Waals surface area contributed by atoms with Crippen LogP contribution in [-0.4, -0.2) is 48.7 Å². The van der Waals surface area contributed by atoms with Crippen LogP contribution in [0.1, 0.15) is 67.7 Å². The van der Waals surface area contributed by atoms with Gasteiger partial charge in [0.1, 0.15) is 29.2 Å². The van der Waals surface area contributed by atoms with Gasteiger partial charge in [0, 0.05) is 37.2 Å². The Morgan fingerprint density at radius 2 is 2.10 bits per heavy atom. The lowest BCUT2D eigenvalue weighted by atomic mass is 10.0. The summed E-state index contributed by atoms with van der Waals surface area (Å²) in [5, 5.41) is 16.1. The van der Waals surface area contributed by atoms with Crippen LogP contribution in [0.2, 0.25) is 0 Å². The number of nitrogen functional groups attached to an aromatic ring is 1. The molecule has 1 amide bonds. The quantitative estimate of drug-likeness (QED) is 0.667. The van der Waals surface area contributed by atoms with Crippen molar-refractivity contribution in [1.82, 2.24) is 24.6 Å². The molecule has 4 heterocycles. The van der Waals surface area contributed by atoms with Crippen LogP contribution in [0.15, 0.2) is 10.9 Å². The number of aliphatic hydroxyl groups excluding tert-OH is 1. The summed E-state index contributed by atoms with van der Waals surface area (Å²) in [5.74, 6) is 1.64. The Hall–Kier alpha value is -2.94. The standard InChI is InChI=1S/C21H24N6O3/c1-10(28)26-7-6-12(8-26)27-13-4-5-14(29)16-18(25-30-19(16)11-2-3-11)15(13)17-20(22)23-9-24-21(17)27/h9,11-12,14,29H,2-8H2,1H3,(H2,22,23,24).